The SMILES string of the molecule is Cc1cc(-c2cc(C)c(C)cc2C)[n+](C)c(-c2cccc[n+]2C)c1. The van der Waals surface area contributed by atoms with Crippen LogP contribution in [0.1, 0.15) is 22.3 Å². The van der Waals surface area contributed by atoms with E-state index in [1.807, 2.05) is 0 Å². The van der Waals surface area contributed by atoms with Crippen LogP contribution in [0.4, 0.5) is 0 Å². The summed E-state index contributed by atoms with van der Waals surface area (Å²) in [5, 5.41) is 0. The van der Waals surface area contributed by atoms with E-state index in [4.69, 9.17) is 0 Å². The molecular formula is C22H26N2+2. The lowest BCUT2D eigenvalue weighted by molar-refractivity contribution is -0.685. The van der Waals surface area contributed by atoms with E-state index < -0.39 is 0 Å². The highest BCUT2D eigenvalue weighted by Gasteiger charge is 2.24. The van der Waals surface area contributed by atoms with Gasteiger partial charge in [-0.3, -0.25) is 0 Å². The van der Waals surface area contributed by atoms with Gasteiger partial charge < -0.3 is 0 Å². The fourth-order valence-corrected chi connectivity index (χ4v) is 3.33. The molecule has 0 fully saturated rings. The second kappa shape index (κ2) is 6.20. The van der Waals surface area contributed by atoms with E-state index in [1.54, 1.807) is 0 Å². The summed E-state index contributed by atoms with van der Waals surface area (Å²) in [6.07, 6.45) is 2.10. The molecular weight excluding hydrogens is 292 g/mol. The normalized spacial score (nSPS) is 10.9. The van der Waals surface area contributed by atoms with Gasteiger partial charge in [-0.2, -0.15) is 9.13 Å². The Morgan fingerprint density at radius 3 is 2.04 bits per heavy atom. The molecule has 0 N–H and O–H groups in total. The molecule has 0 saturated heterocycles. The Kier molecular flexibility index (Phi) is 4.23. The molecule has 0 aliphatic heterocycles. The first-order valence-electron chi connectivity index (χ1n) is 8.42. The molecule has 0 aliphatic rings. The van der Waals surface area contributed by atoms with Crippen LogP contribution in [0.2, 0.25) is 0 Å². The summed E-state index contributed by atoms with van der Waals surface area (Å²) in [6, 6.07) is 15.5. The molecule has 0 radical (unpaired) electrons. The lowest BCUT2D eigenvalue weighted by Crippen LogP contribution is -2.40. The molecule has 2 heterocycles. The number of nitrogens with zero attached hydrogens (tertiary/aromatic N) is 2. The van der Waals surface area contributed by atoms with Gasteiger partial charge in [-0.25, -0.2) is 0 Å². The molecule has 2 nitrogen and oxygen atoms in total. The van der Waals surface area contributed by atoms with Gasteiger partial charge in [0.05, 0.1) is 0 Å². The highest BCUT2D eigenvalue weighted by molar-refractivity contribution is 5.65. The van der Waals surface area contributed by atoms with Gasteiger partial charge in [0, 0.05) is 29.8 Å². The largest absolute Gasteiger partial charge is 0.277 e. The predicted octanol–water partition coefficient (Wildman–Crippen LogP) is 3.90. The minimum atomic E-state index is 1.21. The van der Waals surface area contributed by atoms with Crippen molar-refractivity contribution >= 4 is 0 Å². The first-order valence-corrected chi connectivity index (χ1v) is 8.42. The van der Waals surface area contributed by atoms with Gasteiger partial charge in [0.15, 0.2) is 6.20 Å². The monoisotopic (exact) mass is 318 g/mol. The van der Waals surface area contributed by atoms with Crippen molar-refractivity contribution < 1.29 is 9.13 Å². The minimum absolute atomic E-state index is 1.21. The topological polar surface area (TPSA) is 7.76 Å². The minimum Gasteiger partial charge on any atom is -0.196 e. The molecule has 0 aliphatic carbocycles. The van der Waals surface area contributed by atoms with E-state index in [2.05, 4.69) is 99.6 Å². The Bertz CT molecular complexity index is 923. The lowest BCUT2D eigenvalue weighted by Gasteiger charge is -2.11. The van der Waals surface area contributed by atoms with Gasteiger partial charge in [0.2, 0.25) is 5.69 Å². The molecule has 0 bridgehead atoms. The number of hydrogen-bond donors (Lipinski definition) is 0. The highest BCUT2D eigenvalue weighted by atomic mass is 15.0. The third-order valence-electron chi connectivity index (χ3n) is 4.89. The summed E-state index contributed by atoms with van der Waals surface area (Å²) in [6.45, 7) is 8.74. The molecule has 0 unspecified atom stereocenters. The third-order valence-corrected chi connectivity index (χ3v) is 4.89. The molecule has 2 aromatic heterocycles. The number of hydrogen-bond acceptors (Lipinski definition) is 0. The van der Waals surface area contributed by atoms with Gasteiger partial charge >= 0.3 is 0 Å². The number of aromatic nitrogens is 2. The van der Waals surface area contributed by atoms with E-state index in [9.17, 15) is 0 Å². The Hall–Kier alpha value is -2.48. The molecule has 122 valence electrons. The predicted molar refractivity (Wildman–Crippen MR) is 98.6 cm³/mol. The molecule has 0 atom stereocenters. The van der Waals surface area contributed by atoms with Crippen LogP contribution in [-0.2, 0) is 14.1 Å². The summed E-state index contributed by atoms with van der Waals surface area (Å²) in [5.41, 5.74) is 10.3. The van der Waals surface area contributed by atoms with Crippen molar-refractivity contribution in [3.63, 3.8) is 0 Å². The van der Waals surface area contributed by atoms with E-state index in [-0.39, 0.29) is 0 Å². The van der Waals surface area contributed by atoms with Gasteiger partial charge in [-0.05, 0) is 62.1 Å². The van der Waals surface area contributed by atoms with Crippen LogP contribution < -0.4 is 9.13 Å². The van der Waals surface area contributed by atoms with Crippen molar-refractivity contribution in [2.45, 2.75) is 27.7 Å². The molecule has 24 heavy (non-hydrogen) atoms. The number of aryl methyl sites for hydroxylation is 5. The molecule has 3 rings (SSSR count). The zero-order valence-electron chi connectivity index (χ0n) is 15.5. The fourth-order valence-electron chi connectivity index (χ4n) is 3.33. The molecule has 1 aromatic carbocycles. The summed E-state index contributed by atoms with van der Waals surface area (Å²) >= 11 is 0. The number of pyridine rings is 2. The summed E-state index contributed by atoms with van der Waals surface area (Å²) in [7, 11) is 4.25. The van der Waals surface area contributed by atoms with Gasteiger partial charge in [0.25, 0.3) is 11.4 Å². The maximum Gasteiger partial charge on any atom is 0.277 e. The lowest BCUT2D eigenvalue weighted by atomic mass is 9.97. The number of rotatable bonds is 2. The maximum atomic E-state index is 2.31. The molecule has 0 saturated carbocycles. The summed E-state index contributed by atoms with van der Waals surface area (Å²) in [4.78, 5) is 0. The Morgan fingerprint density at radius 1 is 0.667 bits per heavy atom. The van der Waals surface area contributed by atoms with E-state index in [1.165, 1.54) is 44.9 Å². The van der Waals surface area contributed by atoms with Crippen molar-refractivity contribution in [3.05, 3.63) is 70.9 Å². The quantitative estimate of drug-likeness (QED) is 0.633. The number of benzene rings is 1. The zero-order chi connectivity index (χ0) is 17.4. The van der Waals surface area contributed by atoms with Crippen molar-refractivity contribution in [1.82, 2.24) is 0 Å². The third kappa shape index (κ3) is 2.84. The van der Waals surface area contributed by atoms with Crippen LogP contribution in [0.3, 0.4) is 0 Å². The van der Waals surface area contributed by atoms with Crippen molar-refractivity contribution in [1.29, 1.82) is 0 Å². The first kappa shape index (κ1) is 16.4. The highest BCUT2D eigenvalue weighted by Crippen LogP contribution is 2.26. The van der Waals surface area contributed by atoms with Crippen LogP contribution in [0, 0.1) is 27.7 Å². The molecule has 0 amide bonds. The standard InChI is InChI=1S/C22H26N2/c1-15-11-21(19-14-17(3)16(2)13-18(19)4)24(6)22(12-15)20-9-7-8-10-23(20)5/h7-14H,1-6H3/q+2. The second-order valence-corrected chi connectivity index (χ2v) is 6.81. The van der Waals surface area contributed by atoms with Crippen LogP contribution >= 0.6 is 0 Å². The zero-order valence-corrected chi connectivity index (χ0v) is 15.5. The smallest absolute Gasteiger partial charge is 0.196 e. The summed E-state index contributed by atoms with van der Waals surface area (Å²) < 4.78 is 4.48. The fraction of sp³-hybridized carbons (Fsp3) is 0.273. The van der Waals surface area contributed by atoms with Crippen LogP contribution in [0.15, 0.2) is 48.7 Å². The Labute approximate surface area is 145 Å². The van der Waals surface area contributed by atoms with Crippen molar-refractivity contribution in [2.24, 2.45) is 14.1 Å². The average molecular weight is 318 g/mol. The van der Waals surface area contributed by atoms with Crippen molar-refractivity contribution in [2.75, 3.05) is 0 Å². The van der Waals surface area contributed by atoms with E-state index in [0.717, 1.165) is 0 Å². The molecule has 3 aromatic rings. The Balaban J connectivity index is 2.29. The van der Waals surface area contributed by atoms with Crippen LogP contribution in [-0.4, -0.2) is 0 Å². The first-order chi connectivity index (χ1) is 11.4. The van der Waals surface area contributed by atoms with Crippen LogP contribution in [0.5, 0.6) is 0 Å². The van der Waals surface area contributed by atoms with E-state index >= 15 is 0 Å². The average Bonchev–Trinajstić information content (AvgIpc) is 2.54. The van der Waals surface area contributed by atoms with E-state index in [0.29, 0.717) is 0 Å². The molecule has 0 spiro atoms. The van der Waals surface area contributed by atoms with Crippen LogP contribution in [0.25, 0.3) is 22.6 Å². The van der Waals surface area contributed by atoms with Crippen molar-refractivity contribution in [3.8, 4) is 22.6 Å². The van der Waals surface area contributed by atoms with Gasteiger partial charge in [0.1, 0.15) is 14.1 Å². The Morgan fingerprint density at radius 2 is 1.33 bits per heavy atom. The maximum absolute atomic E-state index is 2.31. The van der Waals surface area contributed by atoms with Gasteiger partial charge in [-0.15, -0.1) is 0 Å². The summed E-state index contributed by atoms with van der Waals surface area (Å²) in [5.74, 6) is 0. The second-order valence-electron chi connectivity index (χ2n) is 6.81. The molecule has 2 heteroatoms. The van der Waals surface area contributed by atoms with Gasteiger partial charge in [-0.1, -0.05) is 6.07 Å².